The highest BCUT2D eigenvalue weighted by atomic mass is 32.2. The van der Waals surface area contributed by atoms with Gasteiger partial charge in [0, 0.05) is 30.6 Å². The smallest absolute Gasteiger partial charge is 0.128 e. The predicted molar refractivity (Wildman–Crippen MR) is 75.8 cm³/mol. The normalized spacial score (nSPS) is 20.6. The zero-order valence-corrected chi connectivity index (χ0v) is 11.5. The lowest BCUT2D eigenvalue weighted by molar-refractivity contribution is 0.704. The minimum absolute atomic E-state index is 0.711. The number of hydrogen-bond acceptors (Lipinski definition) is 4. The van der Waals surface area contributed by atoms with Crippen LogP contribution >= 0.6 is 11.8 Å². The Kier molecular flexibility index (Phi) is 4.68. The minimum Gasteiger partial charge on any atom is -0.355 e. The van der Waals surface area contributed by atoms with Gasteiger partial charge in [0.1, 0.15) is 5.82 Å². The maximum Gasteiger partial charge on any atom is 0.128 e. The lowest BCUT2D eigenvalue weighted by Gasteiger charge is -2.31. The number of aromatic nitrogens is 1. The highest BCUT2D eigenvalue weighted by molar-refractivity contribution is 8.00. The molecule has 1 aromatic heterocycles. The molecule has 1 saturated heterocycles. The van der Waals surface area contributed by atoms with Crippen molar-refractivity contribution in [3.8, 4) is 0 Å². The molecular formula is C13H21N3S. The molecular weight excluding hydrogens is 230 g/mol. The molecule has 2 heterocycles. The molecule has 1 aromatic rings. The molecule has 0 amide bonds. The van der Waals surface area contributed by atoms with Gasteiger partial charge in [-0.15, -0.1) is 0 Å². The van der Waals surface area contributed by atoms with Crippen LogP contribution in [0.2, 0.25) is 0 Å². The topological polar surface area (TPSA) is 28.2 Å². The molecule has 0 radical (unpaired) electrons. The number of thioether (sulfide) groups is 1. The molecule has 1 aliphatic heterocycles. The second-order valence-electron chi connectivity index (χ2n) is 4.39. The molecule has 2 rings (SSSR count). The predicted octanol–water partition coefficient (Wildman–Crippen LogP) is 2.13. The molecule has 0 aromatic carbocycles. The molecule has 0 aliphatic carbocycles. The van der Waals surface area contributed by atoms with E-state index in [0.29, 0.717) is 5.25 Å². The first kappa shape index (κ1) is 12.7. The molecule has 0 spiro atoms. The van der Waals surface area contributed by atoms with Crippen LogP contribution in [0.1, 0.15) is 19.5 Å². The summed E-state index contributed by atoms with van der Waals surface area (Å²) in [4.78, 5) is 7.12. The van der Waals surface area contributed by atoms with Crippen molar-refractivity contribution in [1.82, 2.24) is 10.3 Å². The number of pyridine rings is 1. The molecule has 4 heteroatoms. The highest BCUT2D eigenvalue weighted by Gasteiger charge is 2.17. The summed E-state index contributed by atoms with van der Waals surface area (Å²) in [5.41, 5.74) is 1.13. The third kappa shape index (κ3) is 3.61. The van der Waals surface area contributed by atoms with Crippen molar-refractivity contribution in [2.75, 3.05) is 30.3 Å². The number of hydrogen-bond donors (Lipinski definition) is 1. The lowest BCUT2D eigenvalue weighted by Crippen LogP contribution is -2.37. The first-order valence-electron chi connectivity index (χ1n) is 6.33. The highest BCUT2D eigenvalue weighted by Crippen LogP contribution is 2.22. The standard InChI is InChI=1S/C13H21N3S/c1-3-14-9-12-5-4-6-13(15-12)16-7-8-17-11(2)10-16/h4-6,11,14H,3,7-10H2,1-2H3. The third-order valence-corrected chi connectivity index (χ3v) is 4.05. The van der Waals surface area contributed by atoms with Gasteiger partial charge in [0.15, 0.2) is 0 Å². The van der Waals surface area contributed by atoms with Gasteiger partial charge in [-0.3, -0.25) is 0 Å². The Balaban J connectivity index is 2.04. The number of rotatable bonds is 4. The van der Waals surface area contributed by atoms with Crippen LogP contribution in [0.4, 0.5) is 5.82 Å². The lowest BCUT2D eigenvalue weighted by atomic mass is 10.3. The van der Waals surface area contributed by atoms with E-state index >= 15 is 0 Å². The third-order valence-electron chi connectivity index (χ3n) is 2.91. The number of anilines is 1. The molecule has 1 fully saturated rings. The van der Waals surface area contributed by atoms with Gasteiger partial charge >= 0.3 is 0 Å². The van der Waals surface area contributed by atoms with E-state index in [4.69, 9.17) is 4.98 Å². The fourth-order valence-electron chi connectivity index (χ4n) is 2.02. The second kappa shape index (κ2) is 6.26. The van der Waals surface area contributed by atoms with Gasteiger partial charge in [0.05, 0.1) is 5.69 Å². The van der Waals surface area contributed by atoms with E-state index in [-0.39, 0.29) is 0 Å². The summed E-state index contributed by atoms with van der Waals surface area (Å²) >= 11 is 2.05. The Bertz CT molecular complexity index is 356. The minimum atomic E-state index is 0.711. The molecule has 1 atom stereocenters. The van der Waals surface area contributed by atoms with Gasteiger partial charge in [-0.1, -0.05) is 19.9 Å². The van der Waals surface area contributed by atoms with Crippen molar-refractivity contribution in [2.45, 2.75) is 25.6 Å². The van der Waals surface area contributed by atoms with Crippen LogP contribution in [0.5, 0.6) is 0 Å². The monoisotopic (exact) mass is 251 g/mol. The quantitative estimate of drug-likeness (QED) is 0.887. The molecule has 1 unspecified atom stereocenters. The van der Waals surface area contributed by atoms with Gasteiger partial charge < -0.3 is 10.2 Å². The zero-order valence-electron chi connectivity index (χ0n) is 10.6. The van der Waals surface area contributed by atoms with Crippen LogP contribution in [0, 0.1) is 0 Å². The SMILES string of the molecule is CCNCc1cccc(N2CCSC(C)C2)n1. The second-order valence-corrected chi connectivity index (χ2v) is 5.94. The van der Waals surface area contributed by atoms with E-state index in [2.05, 4.69) is 54.0 Å². The van der Waals surface area contributed by atoms with Crippen molar-refractivity contribution in [2.24, 2.45) is 0 Å². The first-order chi connectivity index (χ1) is 8.29. The zero-order chi connectivity index (χ0) is 12.1. The van der Waals surface area contributed by atoms with Crippen LogP contribution in [0.25, 0.3) is 0 Å². The maximum atomic E-state index is 4.72. The summed E-state index contributed by atoms with van der Waals surface area (Å²) in [6, 6.07) is 6.33. The van der Waals surface area contributed by atoms with Crippen molar-refractivity contribution in [1.29, 1.82) is 0 Å². The Morgan fingerprint density at radius 2 is 2.41 bits per heavy atom. The van der Waals surface area contributed by atoms with Gasteiger partial charge in [-0.25, -0.2) is 4.98 Å². The molecule has 3 nitrogen and oxygen atoms in total. The first-order valence-corrected chi connectivity index (χ1v) is 7.37. The van der Waals surface area contributed by atoms with Gasteiger partial charge in [-0.2, -0.15) is 11.8 Å². The van der Waals surface area contributed by atoms with Crippen molar-refractivity contribution >= 4 is 17.6 Å². The van der Waals surface area contributed by atoms with Crippen LogP contribution < -0.4 is 10.2 Å². The molecule has 0 saturated carbocycles. The summed E-state index contributed by atoms with van der Waals surface area (Å²) < 4.78 is 0. The Hall–Kier alpha value is -0.740. The number of nitrogens with zero attached hydrogens (tertiary/aromatic N) is 2. The fraction of sp³-hybridized carbons (Fsp3) is 0.615. The van der Waals surface area contributed by atoms with Crippen molar-refractivity contribution < 1.29 is 0 Å². The molecule has 94 valence electrons. The molecule has 17 heavy (non-hydrogen) atoms. The largest absolute Gasteiger partial charge is 0.355 e. The summed E-state index contributed by atoms with van der Waals surface area (Å²) in [6.45, 7) is 8.49. The maximum absolute atomic E-state index is 4.72. The van der Waals surface area contributed by atoms with Crippen LogP contribution in [-0.2, 0) is 6.54 Å². The summed E-state index contributed by atoms with van der Waals surface area (Å²) in [7, 11) is 0. The van der Waals surface area contributed by atoms with E-state index in [1.54, 1.807) is 0 Å². The van der Waals surface area contributed by atoms with Gasteiger partial charge in [0.25, 0.3) is 0 Å². The average Bonchev–Trinajstić information content (AvgIpc) is 2.37. The molecule has 1 N–H and O–H groups in total. The van der Waals surface area contributed by atoms with Crippen molar-refractivity contribution in [3.63, 3.8) is 0 Å². The van der Waals surface area contributed by atoms with Crippen LogP contribution in [0.15, 0.2) is 18.2 Å². The fourth-order valence-corrected chi connectivity index (χ4v) is 3.03. The average molecular weight is 251 g/mol. The number of nitrogens with one attached hydrogen (secondary N) is 1. The Labute approximate surface area is 108 Å². The summed E-state index contributed by atoms with van der Waals surface area (Å²) in [5, 5.41) is 4.03. The Morgan fingerprint density at radius 1 is 1.53 bits per heavy atom. The molecule has 0 bridgehead atoms. The van der Waals surface area contributed by atoms with Gasteiger partial charge in [0.2, 0.25) is 0 Å². The van der Waals surface area contributed by atoms with Crippen LogP contribution in [-0.4, -0.2) is 35.6 Å². The van der Waals surface area contributed by atoms with Gasteiger partial charge in [-0.05, 0) is 18.7 Å². The molecule has 1 aliphatic rings. The summed E-state index contributed by atoms with van der Waals surface area (Å²) in [5.74, 6) is 2.34. The van der Waals surface area contributed by atoms with E-state index in [9.17, 15) is 0 Å². The van der Waals surface area contributed by atoms with Crippen molar-refractivity contribution in [3.05, 3.63) is 23.9 Å². The summed E-state index contributed by atoms with van der Waals surface area (Å²) in [6.07, 6.45) is 0. The van der Waals surface area contributed by atoms with E-state index in [0.717, 1.165) is 37.7 Å². The Morgan fingerprint density at radius 3 is 3.18 bits per heavy atom. The van der Waals surface area contributed by atoms with Crippen LogP contribution in [0.3, 0.4) is 0 Å². The van der Waals surface area contributed by atoms with E-state index in [1.807, 2.05) is 0 Å². The van der Waals surface area contributed by atoms with E-state index < -0.39 is 0 Å². The van der Waals surface area contributed by atoms with E-state index in [1.165, 1.54) is 5.75 Å².